The molecule has 158 valence electrons. The van der Waals surface area contributed by atoms with Crippen molar-refractivity contribution in [3.63, 3.8) is 0 Å². The van der Waals surface area contributed by atoms with E-state index in [1.807, 2.05) is 0 Å². The molecule has 31 heavy (non-hydrogen) atoms. The first kappa shape index (κ1) is 20.9. The lowest BCUT2D eigenvalue weighted by molar-refractivity contribution is -0.394. The molecular weight excluding hydrogens is 408 g/mol. The van der Waals surface area contributed by atoms with Gasteiger partial charge in [-0.15, -0.1) is 5.10 Å². The number of ether oxygens (including phenoxy) is 1. The van der Waals surface area contributed by atoms with Crippen molar-refractivity contribution in [2.75, 3.05) is 7.11 Å². The number of hydrogen-bond donors (Lipinski definition) is 2. The number of hydrogen-bond acceptors (Lipinski definition) is 8. The summed E-state index contributed by atoms with van der Waals surface area (Å²) in [5.41, 5.74) is 11.2. The van der Waals surface area contributed by atoms with Gasteiger partial charge < -0.3 is 16.2 Å². The number of nitrogens with two attached hydrogens (primary N) is 2. The van der Waals surface area contributed by atoms with Crippen molar-refractivity contribution in [2.45, 2.75) is 0 Å². The lowest BCUT2D eigenvalue weighted by Crippen LogP contribution is -2.21. The summed E-state index contributed by atoms with van der Waals surface area (Å²) in [5, 5.41) is 34.3. The maximum absolute atomic E-state index is 11.5. The van der Waals surface area contributed by atoms with Gasteiger partial charge in [0.05, 0.1) is 29.2 Å². The van der Waals surface area contributed by atoms with Gasteiger partial charge in [0, 0.05) is 23.4 Å². The third-order valence-corrected chi connectivity index (χ3v) is 4.07. The van der Waals surface area contributed by atoms with Crippen LogP contribution in [0, 0.1) is 20.2 Å². The summed E-state index contributed by atoms with van der Waals surface area (Å²) in [6, 6.07) is 10.2. The molecular formula is C18H16N8O5. The summed E-state index contributed by atoms with van der Waals surface area (Å²) < 4.78 is 6.46. The van der Waals surface area contributed by atoms with Gasteiger partial charge in [0.25, 0.3) is 5.69 Å². The number of benzene rings is 2. The molecule has 0 aliphatic rings. The fraction of sp³-hybridized carbons (Fsp3) is 0.0556. The Bertz CT molecular complexity index is 1210. The van der Waals surface area contributed by atoms with Crippen molar-refractivity contribution in [1.29, 1.82) is 0 Å². The Balaban J connectivity index is 2.19. The molecule has 13 nitrogen and oxygen atoms in total. The number of rotatable bonds is 7. The number of aromatic nitrogens is 2. The fourth-order valence-corrected chi connectivity index (χ4v) is 2.72. The standard InChI is InChI=1S/C18H16N8O5/c1-31-14-4-2-3-11(7-14)17-12(9-21-22-18(19)20)10-24(23-17)15-6-5-13(25(27)28)8-16(15)26(29)30/h2-10H,1H3,(H4,19,20,22)/b21-9+. The van der Waals surface area contributed by atoms with E-state index in [1.165, 1.54) is 30.3 Å². The van der Waals surface area contributed by atoms with E-state index >= 15 is 0 Å². The van der Waals surface area contributed by atoms with Crippen LogP contribution in [0.2, 0.25) is 0 Å². The molecule has 3 rings (SSSR count). The third-order valence-electron chi connectivity index (χ3n) is 4.07. The Labute approximate surface area is 174 Å². The van der Waals surface area contributed by atoms with Crippen molar-refractivity contribution in [3.8, 4) is 22.7 Å². The second-order valence-electron chi connectivity index (χ2n) is 6.07. The molecule has 0 aliphatic heterocycles. The van der Waals surface area contributed by atoms with Crippen LogP contribution in [0.4, 0.5) is 11.4 Å². The van der Waals surface area contributed by atoms with E-state index in [1.54, 1.807) is 24.3 Å². The molecule has 0 amide bonds. The summed E-state index contributed by atoms with van der Waals surface area (Å²) in [5.74, 6) is 0.318. The molecule has 3 aromatic rings. The molecule has 0 bridgehead atoms. The molecule has 1 heterocycles. The van der Waals surface area contributed by atoms with Gasteiger partial charge in [0.15, 0.2) is 0 Å². The van der Waals surface area contributed by atoms with Crippen LogP contribution >= 0.6 is 0 Å². The molecule has 0 unspecified atom stereocenters. The minimum atomic E-state index is -0.720. The molecule has 13 heteroatoms. The molecule has 1 aromatic heterocycles. The highest BCUT2D eigenvalue weighted by Gasteiger charge is 2.22. The quantitative estimate of drug-likeness (QED) is 0.249. The van der Waals surface area contributed by atoms with Gasteiger partial charge >= 0.3 is 5.69 Å². The Kier molecular flexibility index (Phi) is 5.86. The lowest BCUT2D eigenvalue weighted by atomic mass is 10.1. The SMILES string of the molecule is COc1cccc(-c2nn(-c3ccc([N+](=O)[O-])cc3[N+](=O)[O-])cc2/C=N/N=C(N)N)c1. The van der Waals surface area contributed by atoms with Gasteiger partial charge in [-0.25, -0.2) is 4.68 Å². The largest absolute Gasteiger partial charge is 0.497 e. The van der Waals surface area contributed by atoms with Crippen LogP contribution < -0.4 is 16.2 Å². The predicted molar refractivity (Wildman–Crippen MR) is 112 cm³/mol. The second-order valence-corrected chi connectivity index (χ2v) is 6.07. The van der Waals surface area contributed by atoms with Crippen LogP contribution in [0.1, 0.15) is 5.56 Å². The smallest absolute Gasteiger partial charge is 0.301 e. The minimum Gasteiger partial charge on any atom is -0.497 e. The van der Waals surface area contributed by atoms with Crippen LogP contribution in [-0.4, -0.2) is 38.9 Å². The second kappa shape index (κ2) is 8.69. The van der Waals surface area contributed by atoms with E-state index in [4.69, 9.17) is 16.2 Å². The first-order chi connectivity index (χ1) is 14.8. The molecule has 0 fully saturated rings. The summed E-state index contributed by atoms with van der Waals surface area (Å²) in [6.07, 6.45) is 2.80. The van der Waals surface area contributed by atoms with Crippen LogP contribution in [0.5, 0.6) is 5.75 Å². The van der Waals surface area contributed by atoms with Crippen molar-refractivity contribution in [3.05, 3.63) is 74.5 Å². The summed E-state index contributed by atoms with van der Waals surface area (Å²) in [4.78, 5) is 21.1. The normalized spacial score (nSPS) is 10.7. The average Bonchev–Trinajstić information content (AvgIpc) is 3.17. The molecule has 0 aliphatic carbocycles. The number of non-ortho nitro benzene ring substituents is 1. The number of nitro benzene ring substituents is 2. The highest BCUT2D eigenvalue weighted by molar-refractivity contribution is 5.89. The average molecular weight is 424 g/mol. The van der Waals surface area contributed by atoms with E-state index in [0.29, 0.717) is 22.6 Å². The Morgan fingerprint density at radius 2 is 1.94 bits per heavy atom. The van der Waals surface area contributed by atoms with Gasteiger partial charge in [-0.2, -0.15) is 10.2 Å². The van der Waals surface area contributed by atoms with Gasteiger partial charge in [0.1, 0.15) is 17.1 Å². The number of guanidine groups is 1. The van der Waals surface area contributed by atoms with E-state index in [9.17, 15) is 20.2 Å². The van der Waals surface area contributed by atoms with E-state index in [0.717, 1.165) is 12.1 Å². The Morgan fingerprint density at radius 1 is 1.16 bits per heavy atom. The number of methoxy groups -OCH3 is 1. The maximum atomic E-state index is 11.5. The predicted octanol–water partition coefficient (Wildman–Crippen LogP) is 1.97. The number of nitro groups is 2. The molecule has 0 spiro atoms. The monoisotopic (exact) mass is 424 g/mol. The highest BCUT2D eigenvalue weighted by Crippen LogP contribution is 2.30. The third kappa shape index (κ3) is 4.61. The van der Waals surface area contributed by atoms with Crippen molar-refractivity contribution >= 4 is 23.5 Å². The van der Waals surface area contributed by atoms with Crippen LogP contribution in [-0.2, 0) is 0 Å². The van der Waals surface area contributed by atoms with Gasteiger partial charge in [-0.3, -0.25) is 20.2 Å². The van der Waals surface area contributed by atoms with E-state index in [2.05, 4.69) is 15.3 Å². The van der Waals surface area contributed by atoms with Crippen LogP contribution in [0.25, 0.3) is 16.9 Å². The lowest BCUT2D eigenvalue weighted by Gasteiger charge is -2.04. The van der Waals surface area contributed by atoms with Gasteiger partial charge in [0.2, 0.25) is 5.96 Å². The minimum absolute atomic E-state index is 0.0289. The first-order valence-corrected chi connectivity index (χ1v) is 8.59. The summed E-state index contributed by atoms with van der Waals surface area (Å²) >= 11 is 0. The summed E-state index contributed by atoms with van der Waals surface area (Å²) in [7, 11) is 1.51. The molecule has 0 saturated heterocycles. The molecule has 0 saturated carbocycles. The molecule has 2 aromatic carbocycles. The molecule has 0 atom stereocenters. The Hall–Kier alpha value is -4.81. The topological polar surface area (TPSA) is 190 Å². The highest BCUT2D eigenvalue weighted by atomic mass is 16.6. The molecule has 4 N–H and O–H groups in total. The van der Waals surface area contributed by atoms with Crippen molar-refractivity contribution in [1.82, 2.24) is 9.78 Å². The van der Waals surface area contributed by atoms with Crippen LogP contribution in [0.15, 0.2) is 58.9 Å². The number of nitrogens with zero attached hydrogens (tertiary/aromatic N) is 6. The first-order valence-electron chi connectivity index (χ1n) is 8.59. The van der Waals surface area contributed by atoms with Gasteiger partial charge in [-0.05, 0) is 18.2 Å². The van der Waals surface area contributed by atoms with Crippen LogP contribution in [0.3, 0.4) is 0 Å². The zero-order valence-corrected chi connectivity index (χ0v) is 16.1. The maximum Gasteiger partial charge on any atom is 0.301 e. The zero-order valence-electron chi connectivity index (χ0n) is 16.1. The Morgan fingerprint density at radius 3 is 2.58 bits per heavy atom. The van der Waals surface area contributed by atoms with Crippen molar-refractivity contribution in [2.24, 2.45) is 21.7 Å². The zero-order chi connectivity index (χ0) is 22.5. The fourth-order valence-electron chi connectivity index (χ4n) is 2.72. The van der Waals surface area contributed by atoms with Gasteiger partial charge in [-0.1, -0.05) is 12.1 Å². The summed E-state index contributed by atoms with van der Waals surface area (Å²) in [6.45, 7) is 0. The van der Waals surface area contributed by atoms with Crippen molar-refractivity contribution < 1.29 is 14.6 Å². The van der Waals surface area contributed by atoms with E-state index < -0.39 is 21.2 Å². The van der Waals surface area contributed by atoms with E-state index in [-0.39, 0.29) is 11.6 Å². The molecule has 0 radical (unpaired) electrons.